The van der Waals surface area contributed by atoms with Crippen LogP contribution in [0.15, 0.2) is 0 Å². The lowest BCUT2D eigenvalue weighted by atomic mass is 10.2. The summed E-state index contributed by atoms with van der Waals surface area (Å²) in [5.41, 5.74) is 0. The molecule has 1 amide bonds. The van der Waals surface area contributed by atoms with Crippen molar-refractivity contribution < 1.29 is 9.59 Å². The zero-order valence-corrected chi connectivity index (χ0v) is 8.82. The van der Waals surface area contributed by atoms with Crippen LogP contribution in [0.4, 0.5) is 0 Å². The Morgan fingerprint density at radius 3 is 2.77 bits per heavy atom. The third-order valence-corrected chi connectivity index (χ3v) is 2.12. The summed E-state index contributed by atoms with van der Waals surface area (Å²) in [6, 6.07) is -0.340. The fourth-order valence-electron chi connectivity index (χ4n) is 0.837. The first-order valence-corrected chi connectivity index (χ1v) is 5.52. The van der Waals surface area contributed by atoms with E-state index in [0.717, 1.165) is 12.0 Å². The van der Waals surface area contributed by atoms with Crippen LogP contribution in [-0.2, 0) is 9.59 Å². The van der Waals surface area contributed by atoms with Crippen molar-refractivity contribution in [3.63, 3.8) is 0 Å². The maximum absolute atomic E-state index is 11.0. The fraction of sp³-hybridized carbons (Fsp3) is 0.750. The van der Waals surface area contributed by atoms with Gasteiger partial charge < -0.3 is 15.4 Å². The molecule has 0 aliphatic rings. The van der Waals surface area contributed by atoms with Crippen molar-refractivity contribution >= 4 is 24.0 Å². The molecular formula is C8H16N2O2S. The molecule has 2 N–H and O–H groups in total. The summed E-state index contributed by atoms with van der Waals surface area (Å²) >= 11 is 1.66. The number of carbonyl (C=O) groups excluding carboxylic acids is 2. The van der Waals surface area contributed by atoms with Crippen molar-refractivity contribution in [3.8, 4) is 0 Å². The Balaban J connectivity index is 3.69. The third kappa shape index (κ3) is 6.60. The van der Waals surface area contributed by atoms with Gasteiger partial charge in [0.1, 0.15) is 6.29 Å². The molecule has 0 aliphatic carbocycles. The SMILES string of the molecule is CNCC(=O)N[C@H](C=O)CCSC. The number of aldehydes is 1. The molecular weight excluding hydrogens is 188 g/mol. The Labute approximate surface area is 82.8 Å². The van der Waals surface area contributed by atoms with Crippen molar-refractivity contribution in [1.29, 1.82) is 0 Å². The van der Waals surface area contributed by atoms with Gasteiger partial charge in [-0.2, -0.15) is 11.8 Å². The molecule has 0 unspecified atom stereocenters. The van der Waals surface area contributed by atoms with Gasteiger partial charge in [0.25, 0.3) is 0 Å². The molecule has 76 valence electrons. The minimum Gasteiger partial charge on any atom is -0.345 e. The quantitative estimate of drug-likeness (QED) is 0.556. The van der Waals surface area contributed by atoms with Gasteiger partial charge in [-0.3, -0.25) is 4.79 Å². The second-order valence-corrected chi connectivity index (χ2v) is 3.61. The highest BCUT2D eigenvalue weighted by atomic mass is 32.2. The average molecular weight is 204 g/mol. The predicted molar refractivity (Wildman–Crippen MR) is 54.9 cm³/mol. The molecule has 0 rings (SSSR count). The Hall–Kier alpha value is -0.550. The van der Waals surface area contributed by atoms with Crippen LogP contribution >= 0.6 is 11.8 Å². The predicted octanol–water partition coefficient (Wildman–Crippen LogP) is -0.357. The molecule has 0 aromatic rings. The first-order chi connectivity index (χ1) is 6.24. The van der Waals surface area contributed by atoms with E-state index in [1.165, 1.54) is 0 Å². The van der Waals surface area contributed by atoms with Gasteiger partial charge in [0.15, 0.2) is 0 Å². The summed E-state index contributed by atoms with van der Waals surface area (Å²) in [6.07, 6.45) is 3.45. The maximum atomic E-state index is 11.0. The molecule has 0 radical (unpaired) electrons. The highest BCUT2D eigenvalue weighted by Gasteiger charge is 2.09. The van der Waals surface area contributed by atoms with Gasteiger partial charge in [-0.25, -0.2) is 0 Å². The smallest absolute Gasteiger partial charge is 0.234 e. The summed E-state index contributed by atoms with van der Waals surface area (Å²) in [6.45, 7) is 0.254. The minimum atomic E-state index is -0.340. The van der Waals surface area contributed by atoms with Gasteiger partial charge in [-0.05, 0) is 25.5 Å². The van der Waals surface area contributed by atoms with Crippen LogP contribution in [0, 0.1) is 0 Å². The van der Waals surface area contributed by atoms with Gasteiger partial charge >= 0.3 is 0 Å². The Morgan fingerprint density at radius 1 is 1.62 bits per heavy atom. The normalized spacial score (nSPS) is 12.2. The van der Waals surface area contributed by atoms with Gasteiger partial charge in [0.2, 0.25) is 5.91 Å². The third-order valence-electron chi connectivity index (χ3n) is 1.48. The summed E-state index contributed by atoms with van der Waals surface area (Å²) in [4.78, 5) is 21.5. The molecule has 0 aliphatic heterocycles. The number of hydrogen-bond donors (Lipinski definition) is 2. The van der Waals surface area contributed by atoms with Crippen molar-refractivity contribution in [2.45, 2.75) is 12.5 Å². The van der Waals surface area contributed by atoms with Gasteiger partial charge in [0, 0.05) is 0 Å². The fourth-order valence-corrected chi connectivity index (χ4v) is 1.33. The van der Waals surface area contributed by atoms with Gasteiger partial charge in [-0.15, -0.1) is 0 Å². The Kier molecular flexibility index (Phi) is 7.73. The number of nitrogens with one attached hydrogen (secondary N) is 2. The van der Waals surface area contributed by atoms with Crippen LogP contribution in [0.5, 0.6) is 0 Å². The van der Waals surface area contributed by atoms with E-state index in [-0.39, 0.29) is 18.5 Å². The minimum absolute atomic E-state index is 0.138. The van der Waals surface area contributed by atoms with Crippen molar-refractivity contribution in [2.24, 2.45) is 0 Å². The number of rotatable bonds is 7. The number of hydrogen-bond acceptors (Lipinski definition) is 4. The molecule has 4 nitrogen and oxygen atoms in total. The van der Waals surface area contributed by atoms with Crippen LogP contribution in [0.2, 0.25) is 0 Å². The number of amides is 1. The number of likely N-dealkylation sites (N-methyl/N-ethyl adjacent to an activating group) is 1. The first-order valence-electron chi connectivity index (χ1n) is 4.12. The van der Waals surface area contributed by atoms with Crippen LogP contribution in [0.1, 0.15) is 6.42 Å². The molecule has 5 heteroatoms. The highest BCUT2D eigenvalue weighted by molar-refractivity contribution is 7.98. The molecule has 0 saturated heterocycles. The lowest BCUT2D eigenvalue weighted by molar-refractivity contribution is -0.123. The van der Waals surface area contributed by atoms with E-state index in [1.54, 1.807) is 18.8 Å². The van der Waals surface area contributed by atoms with Crippen molar-refractivity contribution in [2.75, 3.05) is 25.6 Å². The van der Waals surface area contributed by atoms with E-state index in [1.807, 2.05) is 6.26 Å². The van der Waals surface area contributed by atoms with Crippen molar-refractivity contribution in [1.82, 2.24) is 10.6 Å². The molecule has 0 spiro atoms. The average Bonchev–Trinajstić information content (AvgIpc) is 2.12. The molecule has 13 heavy (non-hydrogen) atoms. The summed E-state index contributed by atoms with van der Waals surface area (Å²) in [7, 11) is 1.69. The largest absolute Gasteiger partial charge is 0.345 e. The zero-order chi connectivity index (χ0) is 10.1. The zero-order valence-electron chi connectivity index (χ0n) is 8.00. The second-order valence-electron chi connectivity index (χ2n) is 2.62. The second kappa shape index (κ2) is 8.07. The van der Waals surface area contributed by atoms with E-state index in [9.17, 15) is 9.59 Å². The van der Waals surface area contributed by atoms with E-state index in [4.69, 9.17) is 0 Å². The Bertz CT molecular complexity index is 164. The van der Waals surface area contributed by atoms with Crippen molar-refractivity contribution in [3.05, 3.63) is 0 Å². The number of carbonyl (C=O) groups is 2. The molecule has 0 aromatic carbocycles. The summed E-state index contributed by atoms with van der Waals surface area (Å²) in [5, 5.41) is 5.34. The van der Waals surface area contributed by atoms with Crippen LogP contribution in [0.25, 0.3) is 0 Å². The van der Waals surface area contributed by atoms with E-state index < -0.39 is 0 Å². The molecule has 0 fully saturated rings. The van der Waals surface area contributed by atoms with E-state index >= 15 is 0 Å². The molecule has 0 aromatic heterocycles. The Morgan fingerprint density at radius 2 is 2.31 bits per heavy atom. The van der Waals surface area contributed by atoms with Crippen LogP contribution in [0.3, 0.4) is 0 Å². The summed E-state index contributed by atoms with van der Waals surface area (Å²) in [5.74, 6) is 0.740. The van der Waals surface area contributed by atoms with Gasteiger partial charge in [-0.1, -0.05) is 0 Å². The van der Waals surface area contributed by atoms with E-state index in [0.29, 0.717) is 6.42 Å². The highest BCUT2D eigenvalue weighted by Crippen LogP contribution is 1.98. The topological polar surface area (TPSA) is 58.2 Å². The summed E-state index contributed by atoms with van der Waals surface area (Å²) < 4.78 is 0. The molecule has 0 heterocycles. The molecule has 0 bridgehead atoms. The van der Waals surface area contributed by atoms with Gasteiger partial charge in [0.05, 0.1) is 12.6 Å². The lowest BCUT2D eigenvalue weighted by Gasteiger charge is -2.11. The number of thioether (sulfide) groups is 1. The molecule has 0 saturated carbocycles. The molecule has 1 atom stereocenters. The monoisotopic (exact) mass is 204 g/mol. The first kappa shape index (κ1) is 12.4. The van der Waals surface area contributed by atoms with Crippen LogP contribution < -0.4 is 10.6 Å². The standard InChI is InChI=1S/C8H16N2O2S/c1-9-5-8(12)10-7(6-11)3-4-13-2/h6-7,9H,3-5H2,1-2H3,(H,10,12)/t7-/m0/s1. The maximum Gasteiger partial charge on any atom is 0.234 e. The van der Waals surface area contributed by atoms with Crippen LogP contribution in [-0.4, -0.2) is 43.8 Å². The lowest BCUT2D eigenvalue weighted by Crippen LogP contribution is -2.40. The van der Waals surface area contributed by atoms with E-state index in [2.05, 4.69) is 10.6 Å².